The molecule has 0 bridgehead atoms. The fourth-order valence-corrected chi connectivity index (χ4v) is 1.22. The van der Waals surface area contributed by atoms with Gasteiger partial charge in [0.25, 0.3) is 0 Å². The van der Waals surface area contributed by atoms with Crippen molar-refractivity contribution in [2.24, 2.45) is 0 Å². The van der Waals surface area contributed by atoms with Crippen molar-refractivity contribution in [3.05, 3.63) is 23.5 Å². The highest BCUT2D eigenvalue weighted by Crippen LogP contribution is 2.11. The molecule has 2 rings (SSSR count). The van der Waals surface area contributed by atoms with E-state index in [4.69, 9.17) is 0 Å². The van der Waals surface area contributed by atoms with Gasteiger partial charge in [0.2, 0.25) is 11.9 Å². The van der Waals surface area contributed by atoms with Crippen LogP contribution in [0.3, 0.4) is 0 Å². The molecule has 14 heavy (non-hydrogen) atoms. The number of nitrogens with zero attached hydrogens (tertiary/aromatic N) is 2. The highest BCUT2D eigenvalue weighted by Gasteiger charge is 2.08. The summed E-state index contributed by atoms with van der Waals surface area (Å²) in [7, 11) is 1.76. The van der Waals surface area contributed by atoms with Crippen LogP contribution in [0.2, 0.25) is 0 Å². The zero-order chi connectivity index (χ0) is 9.97. The van der Waals surface area contributed by atoms with Gasteiger partial charge in [0.1, 0.15) is 0 Å². The van der Waals surface area contributed by atoms with Crippen molar-refractivity contribution in [3.8, 4) is 0 Å². The first-order valence-electron chi connectivity index (χ1n) is 4.29. The first-order valence-corrected chi connectivity index (χ1v) is 4.29. The third-order valence-corrected chi connectivity index (χ3v) is 1.97. The third kappa shape index (κ3) is 1.56. The Morgan fingerprint density at radius 2 is 2.36 bits per heavy atom. The van der Waals surface area contributed by atoms with Crippen LogP contribution in [0, 0.1) is 0 Å². The lowest BCUT2D eigenvalue weighted by atomic mass is 10.2. The number of aromatic nitrogens is 2. The summed E-state index contributed by atoms with van der Waals surface area (Å²) >= 11 is 0. The SMILES string of the molecule is CNc1ncc2c(n1)C=CC(=O)NC2. The minimum absolute atomic E-state index is 0.103. The fraction of sp³-hybridized carbons (Fsp3) is 0.222. The Labute approximate surface area is 81.3 Å². The highest BCUT2D eigenvalue weighted by molar-refractivity contribution is 5.92. The number of fused-ring (bicyclic) bond motifs is 1. The Kier molecular flexibility index (Phi) is 2.14. The molecule has 5 heteroatoms. The van der Waals surface area contributed by atoms with E-state index in [1.54, 1.807) is 19.3 Å². The van der Waals surface area contributed by atoms with Gasteiger partial charge in [-0.1, -0.05) is 0 Å². The number of carbonyl (C=O) groups is 1. The second-order valence-corrected chi connectivity index (χ2v) is 2.91. The van der Waals surface area contributed by atoms with Crippen molar-refractivity contribution in [2.45, 2.75) is 6.54 Å². The van der Waals surface area contributed by atoms with Gasteiger partial charge in [0.15, 0.2) is 0 Å². The molecule has 1 aliphatic heterocycles. The van der Waals surface area contributed by atoms with Gasteiger partial charge in [-0.15, -0.1) is 0 Å². The zero-order valence-electron chi connectivity index (χ0n) is 7.74. The minimum Gasteiger partial charge on any atom is -0.357 e. The van der Waals surface area contributed by atoms with Crippen molar-refractivity contribution in [1.82, 2.24) is 15.3 Å². The van der Waals surface area contributed by atoms with Crippen LogP contribution < -0.4 is 10.6 Å². The maximum atomic E-state index is 11.0. The van der Waals surface area contributed by atoms with Crippen molar-refractivity contribution < 1.29 is 4.79 Å². The lowest BCUT2D eigenvalue weighted by Crippen LogP contribution is -2.19. The fourth-order valence-electron chi connectivity index (χ4n) is 1.22. The van der Waals surface area contributed by atoms with Gasteiger partial charge in [-0.2, -0.15) is 0 Å². The molecule has 0 fully saturated rings. The van der Waals surface area contributed by atoms with E-state index in [9.17, 15) is 4.79 Å². The predicted octanol–water partition coefficient (Wildman–Crippen LogP) is 0.161. The van der Waals surface area contributed by atoms with Gasteiger partial charge in [0.05, 0.1) is 5.69 Å². The summed E-state index contributed by atoms with van der Waals surface area (Å²) in [6.45, 7) is 0.477. The molecule has 1 amide bonds. The molecule has 2 heterocycles. The molecular weight excluding hydrogens is 180 g/mol. The molecular formula is C9H10N4O. The number of hydrogen-bond donors (Lipinski definition) is 2. The van der Waals surface area contributed by atoms with E-state index in [1.807, 2.05) is 0 Å². The summed E-state index contributed by atoms with van der Waals surface area (Å²) in [5.74, 6) is 0.455. The average Bonchev–Trinajstić information content (AvgIpc) is 2.40. The van der Waals surface area contributed by atoms with Crippen LogP contribution in [0.25, 0.3) is 6.08 Å². The second kappa shape index (κ2) is 3.45. The summed E-state index contributed by atoms with van der Waals surface area (Å²) in [5.41, 5.74) is 1.70. The second-order valence-electron chi connectivity index (χ2n) is 2.91. The molecule has 0 saturated carbocycles. The van der Waals surface area contributed by atoms with Gasteiger partial charge in [-0.05, 0) is 6.08 Å². The maximum absolute atomic E-state index is 11.0. The lowest BCUT2D eigenvalue weighted by Gasteiger charge is -2.04. The van der Waals surface area contributed by atoms with Gasteiger partial charge in [-0.3, -0.25) is 4.79 Å². The summed E-state index contributed by atoms with van der Waals surface area (Å²) in [6, 6.07) is 0. The topological polar surface area (TPSA) is 66.9 Å². The monoisotopic (exact) mass is 190 g/mol. The Hall–Kier alpha value is -1.91. The minimum atomic E-state index is -0.103. The van der Waals surface area contributed by atoms with Crippen molar-refractivity contribution >= 4 is 17.9 Å². The van der Waals surface area contributed by atoms with Gasteiger partial charge in [0, 0.05) is 31.4 Å². The Morgan fingerprint density at radius 1 is 1.50 bits per heavy atom. The molecule has 0 aliphatic carbocycles. The molecule has 0 spiro atoms. The number of amides is 1. The van der Waals surface area contributed by atoms with E-state index in [1.165, 1.54) is 6.08 Å². The lowest BCUT2D eigenvalue weighted by molar-refractivity contribution is -0.116. The zero-order valence-corrected chi connectivity index (χ0v) is 7.74. The van der Waals surface area contributed by atoms with Crippen molar-refractivity contribution in [2.75, 3.05) is 12.4 Å². The molecule has 72 valence electrons. The summed E-state index contributed by atoms with van der Waals surface area (Å²) in [5, 5.41) is 5.56. The van der Waals surface area contributed by atoms with Gasteiger partial charge in [-0.25, -0.2) is 9.97 Å². The van der Waals surface area contributed by atoms with Crippen molar-refractivity contribution in [1.29, 1.82) is 0 Å². The molecule has 0 radical (unpaired) electrons. The normalized spacial score (nSPS) is 14.2. The first kappa shape index (κ1) is 8.68. The Morgan fingerprint density at radius 3 is 3.14 bits per heavy atom. The van der Waals surface area contributed by atoms with E-state index in [2.05, 4.69) is 20.6 Å². The standard InChI is InChI=1S/C9H10N4O/c1-10-9-12-5-6-4-11-8(14)3-2-7(6)13-9/h2-3,5H,4H2,1H3,(H,11,14)(H,10,12,13). The molecule has 0 unspecified atom stereocenters. The molecule has 0 saturated heterocycles. The van der Waals surface area contributed by atoms with E-state index < -0.39 is 0 Å². The van der Waals surface area contributed by atoms with Crippen LogP contribution >= 0.6 is 0 Å². The largest absolute Gasteiger partial charge is 0.357 e. The summed E-state index contributed by atoms with van der Waals surface area (Å²) in [6.07, 6.45) is 4.88. The first-order chi connectivity index (χ1) is 6.79. The van der Waals surface area contributed by atoms with E-state index in [0.717, 1.165) is 11.3 Å². The number of rotatable bonds is 1. The van der Waals surface area contributed by atoms with Gasteiger partial charge >= 0.3 is 0 Å². The number of hydrogen-bond acceptors (Lipinski definition) is 4. The molecule has 2 N–H and O–H groups in total. The molecule has 1 aromatic heterocycles. The van der Waals surface area contributed by atoms with E-state index >= 15 is 0 Å². The van der Waals surface area contributed by atoms with E-state index in [0.29, 0.717) is 12.5 Å². The van der Waals surface area contributed by atoms with Crippen molar-refractivity contribution in [3.63, 3.8) is 0 Å². The van der Waals surface area contributed by atoms with Crippen LogP contribution in [0.5, 0.6) is 0 Å². The maximum Gasteiger partial charge on any atom is 0.244 e. The smallest absolute Gasteiger partial charge is 0.244 e. The molecule has 1 aliphatic rings. The summed E-state index contributed by atoms with van der Waals surface area (Å²) in [4.78, 5) is 19.3. The Bertz CT molecular complexity index is 400. The van der Waals surface area contributed by atoms with Crippen LogP contribution in [0.1, 0.15) is 11.3 Å². The number of carbonyl (C=O) groups excluding carboxylic acids is 1. The third-order valence-electron chi connectivity index (χ3n) is 1.97. The molecule has 1 aromatic rings. The highest BCUT2D eigenvalue weighted by atomic mass is 16.1. The molecule has 0 atom stereocenters. The average molecular weight is 190 g/mol. The van der Waals surface area contributed by atoms with E-state index in [-0.39, 0.29) is 5.91 Å². The van der Waals surface area contributed by atoms with Crippen LogP contribution in [0.15, 0.2) is 12.3 Å². The predicted molar refractivity (Wildman–Crippen MR) is 52.5 cm³/mol. The molecule has 0 aromatic carbocycles. The number of anilines is 1. The quantitative estimate of drug-likeness (QED) is 0.662. The van der Waals surface area contributed by atoms with Crippen LogP contribution in [-0.4, -0.2) is 22.9 Å². The summed E-state index contributed by atoms with van der Waals surface area (Å²) < 4.78 is 0. The van der Waals surface area contributed by atoms with Crippen LogP contribution in [-0.2, 0) is 11.3 Å². The van der Waals surface area contributed by atoms with Crippen LogP contribution in [0.4, 0.5) is 5.95 Å². The van der Waals surface area contributed by atoms with Gasteiger partial charge < -0.3 is 10.6 Å². The molecule has 5 nitrogen and oxygen atoms in total. The number of nitrogens with one attached hydrogen (secondary N) is 2. The Balaban J connectivity index is 2.42.